The van der Waals surface area contributed by atoms with Crippen molar-refractivity contribution in [3.8, 4) is 0 Å². The second kappa shape index (κ2) is 7.19. The van der Waals surface area contributed by atoms with E-state index in [1.165, 1.54) is 11.3 Å². The van der Waals surface area contributed by atoms with Gasteiger partial charge in [-0.25, -0.2) is 4.98 Å². The van der Waals surface area contributed by atoms with Crippen molar-refractivity contribution in [2.45, 2.75) is 33.6 Å². The fraction of sp³-hybridized carbons (Fsp3) is 0.450. The van der Waals surface area contributed by atoms with Crippen LogP contribution in [0.25, 0.3) is 0 Å². The Morgan fingerprint density at radius 3 is 2.58 bits per heavy atom. The topological polar surface area (TPSA) is 70.5 Å². The second-order valence-corrected chi connectivity index (χ2v) is 8.36. The van der Waals surface area contributed by atoms with Crippen LogP contribution < -0.4 is 0 Å². The molecule has 1 amide bonds. The number of carboxylic acids is 1. The third kappa shape index (κ3) is 3.38. The number of rotatable bonds is 5. The molecule has 1 aliphatic heterocycles. The lowest BCUT2D eigenvalue weighted by atomic mass is 9.76. The van der Waals surface area contributed by atoms with E-state index >= 15 is 0 Å². The Morgan fingerprint density at radius 1 is 1.31 bits per heavy atom. The number of thiazole rings is 1. The zero-order valence-electron chi connectivity index (χ0n) is 15.4. The first-order chi connectivity index (χ1) is 12.3. The van der Waals surface area contributed by atoms with Gasteiger partial charge in [0.25, 0.3) is 5.91 Å². The average molecular weight is 372 g/mol. The van der Waals surface area contributed by atoms with E-state index in [2.05, 4.69) is 4.98 Å². The van der Waals surface area contributed by atoms with Gasteiger partial charge >= 0.3 is 5.97 Å². The van der Waals surface area contributed by atoms with Crippen LogP contribution in [-0.2, 0) is 11.2 Å². The van der Waals surface area contributed by atoms with E-state index in [1.807, 2.05) is 51.1 Å². The van der Waals surface area contributed by atoms with Crippen molar-refractivity contribution < 1.29 is 14.7 Å². The van der Waals surface area contributed by atoms with Crippen molar-refractivity contribution in [1.82, 2.24) is 9.88 Å². The van der Waals surface area contributed by atoms with Crippen LogP contribution in [0.4, 0.5) is 0 Å². The van der Waals surface area contributed by atoms with Gasteiger partial charge in [-0.15, -0.1) is 11.3 Å². The van der Waals surface area contributed by atoms with Gasteiger partial charge in [0.15, 0.2) is 0 Å². The first kappa shape index (κ1) is 18.6. The lowest BCUT2D eigenvalue weighted by Gasteiger charge is -2.28. The van der Waals surface area contributed by atoms with Gasteiger partial charge in [-0.1, -0.05) is 44.2 Å². The Bertz CT molecular complexity index is 816. The number of aliphatic carboxylic acids is 1. The normalized spacial score (nSPS) is 19.9. The van der Waals surface area contributed by atoms with Crippen molar-refractivity contribution in [1.29, 1.82) is 0 Å². The van der Waals surface area contributed by atoms with Crippen LogP contribution in [-0.4, -0.2) is 40.0 Å². The summed E-state index contributed by atoms with van der Waals surface area (Å²) < 4.78 is 0. The predicted octanol–water partition coefficient (Wildman–Crippen LogP) is 3.62. The summed E-state index contributed by atoms with van der Waals surface area (Å²) in [5.74, 6) is -0.925. The number of likely N-dealkylation sites (tertiary alicyclic amines) is 1. The molecule has 1 unspecified atom stereocenters. The van der Waals surface area contributed by atoms with Crippen LogP contribution in [0.5, 0.6) is 0 Å². The summed E-state index contributed by atoms with van der Waals surface area (Å²) in [7, 11) is 0. The molecule has 6 heteroatoms. The summed E-state index contributed by atoms with van der Waals surface area (Å²) in [6, 6.07) is 10.0. The summed E-state index contributed by atoms with van der Waals surface area (Å²) in [6.45, 7) is 6.43. The number of carboxylic acid groups (broad SMARTS) is 1. The van der Waals surface area contributed by atoms with Crippen molar-refractivity contribution >= 4 is 23.2 Å². The molecule has 1 aromatic heterocycles. The van der Waals surface area contributed by atoms with Gasteiger partial charge < -0.3 is 10.0 Å². The molecule has 1 N–H and O–H groups in total. The number of amides is 1. The van der Waals surface area contributed by atoms with Crippen LogP contribution in [0.3, 0.4) is 0 Å². The molecule has 0 bridgehead atoms. The van der Waals surface area contributed by atoms with Gasteiger partial charge in [0.1, 0.15) is 4.88 Å². The second-order valence-electron chi connectivity index (χ2n) is 7.28. The van der Waals surface area contributed by atoms with Crippen molar-refractivity contribution in [3.05, 3.63) is 51.5 Å². The smallest absolute Gasteiger partial charge is 0.311 e. The van der Waals surface area contributed by atoms with E-state index in [9.17, 15) is 14.7 Å². The molecule has 0 spiro atoms. The highest BCUT2D eigenvalue weighted by atomic mass is 32.1. The molecule has 5 nitrogen and oxygen atoms in total. The Labute approximate surface area is 157 Å². The van der Waals surface area contributed by atoms with Crippen LogP contribution >= 0.6 is 11.3 Å². The molecule has 3 rings (SSSR count). The molecule has 1 aromatic carbocycles. The van der Waals surface area contributed by atoms with Gasteiger partial charge in [0.2, 0.25) is 0 Å². The zero-order chi connectivity index (χ0) is 18.9. The Balaban J connectivity index is 1.78. The maximum absolute atomic E-state index is 13.0. The predicted molar refractivity (Wildman–Crippen MR) is 102 cm³/mol. The molecule has 2 aromatic rings. The minimum absolute atomic E-state index is 0.0194. The summed E-state index contributed by atoms with van der Waals surface area (Å²) in [5.41, 5.74) is 1.04. The van der Waals surface area contributed by atoms with E-state index in [1.54, 1.807) is 4.90 Å². The minimum Gasteiger partial charge on any atom is -0.481 e. The fourth-order valence-electron chi connectivity index (χ4n) is 3.54. The molecular weight excluding hydrogens is 348 g/mol. The SMILES string of the molecule is Cc1nc(Cc2ccccc2)sc1C(=O)N1CCC(C(=O)O)(C(C)C)C1. The summed E-state index contributed by atoms with van der Waals surface area (Å²) >= 11 is 1.42. The number of hydrogen-bond acceptors (Lipinski definition) is 4. The van der Waals surface area contributed by atoms with Crippen LogP contribution in [0.1, 0.15) is 46.2 Å². The van der Waals surface area contributed by atoms with Gasteiger partial charge in [-0.2, -0.15) is 0 Å². The van der Waals surface area contributed by atoms with Crippen molar-refractivity contribution in [2.75, 3.05) is 13.1 Å². The van der Waals surface area contributed by atoms with E-state index in [4.69, 9.17) is 0 Å². The number of hydrogen-bond donors (Lipinski definition) is 1. The van der Waals surface area contributed by atoms with Gasteiger partial charge in [0, 0.05) is 19.5 Å². The van der Waals surface area contributed by atoms with E-state index < -0.39 is 11.4 Å². The molecule has 26 heavy (non-hydrogen) atoms. The maximum Gasteiger partial charge on any atom is 0.311 e. The minimum atomic E-state index is -0.846. The number of benzene rings is 1. The first-order valence-electron chi connectivity index (χ1n) is 8.86. The first-order valence-corrected chi connectivity index (χ1v) is 9.68. The highest BCUT2D eigenvalue weighted by Gasteiger charge is 2.48. The van der Waals surface area contributed by atoms with E-state index in [0.717, 1.165) is 16.3 Å². The molecule has 0 saturated carbocycles. The Morgan fingerprint density at radius 2 is 2.00 bits per heavy atom. The number of aryl methyl sites for hydroxylation is 1. The number of carbonyl (C=O) groups is 2. The monoisotopic (exact) mass is 372 g/mol. The molecule has 1 aliphatic rings. The summed E-state index contributed by atoms with van der Waals surface area (Å²) in [6.07, 6.45) is 1.20. The number of carbonyl (C=O) groups excluding carboxylic acids is 1. The number of nitrogens with zero attached hydrogens (tertiary/aromatic N) is 2. The highest BCUT2D eigenvalue weighted by molar-refractivity contribution is 7.13. The van der Waals surface area contributed by atoms with E-state index in [-0.39, 0.29) is 18.4 Å². The third-order valence-corrected chi connectivity index (χ3v) is 6.50. The van der Waals surface area contributed by atoms with E-state index in [0.29, 0.717) is 24.3 Å². The van der Waals surface area contributed by atoms with Gasteiger partial charge in [-0.05, 0) is 24.8 Å². The quantitative estimate of drug-likeness (QED) is 0.870. The Hall–Kier alpha value is -2.21. The molecule has 1 atom stereocenters. The lowest BCUT2D eigenvalue weighted by molar-refractivity contribution is -0.150. The zero-order valence-corrected chi connectivity index (χ0v) is 16.2. The Kier molecular flexibility index (Phi) is 5.14. The van der Waals surface area contributed by atoms with Gasteiger partial charge in [-0.3, -0.25) is 9.59 Å². The van der Waals surface area contributed by atoms with Gasteiger partial charge in [0.05, 0.1) is 16.1 Å². The van der Waals surface area contributed by atoms with Crippen LogP contribution in [0.2, 0.25) is 0 Å². The number of aromatic nitrogens is 1. The molecule has 1 saturated heterocycles. The van der Waals surface area contributed by atoms with Crippen molar-refractivity contribution in [3.63, 3.8) is 0 Å². The molecular formula is C20H24N2O3S. The molecule has 2 heterocycles. The van der Waals surface area contributed by atoms with Crippen LogP contribution in [0, 0.1) is 18.3 Å². The summed E-state index contributed by atoms with van der Waals surface area (Å²) in [5, 5.41) is 10.6. The lowest BCUT2D eigenvalue weighted by Crippen LogP contribution is -2.40. The largest absolute Gasteiger partial charge is 0.481 e. The highest BCUT2D eigenvalue weighted by Crippen LogP contribution is 2.39. The van der Waals surface area contributed by atoms with Crippen molar-refractivity contribution in [2.24, 2.45) is 11.3 Å². The standard InChI is InChI=1S/C20H24N2O3S/c1-13(2)20(19(24)25)9-10-22(12-20)18(23)17-14(3)21-16(26-17)11-15-7-5-4-6-8-15/h4-8,13H,9-12H2,1-3H3,(H,24,25). The summed E-state index contributed by atoms with van der Waals surface area (Å²) in [4.78, 5) is 31.6. The third-order valence-electron chi connectivity index (χ3n) is 5.35. The fourth-order valence-corrected chi connectivity index (χ4v) is 4.61. The molecule has 0 radical (unpaired) electrons. The molecule has 1 fully saturated rings. The van der Waals surface area contributed by atoms with Crippen LogP contribution in [0.15, 0.2) is 30.3 Å². The molecule has 0 aliphatic carbocycles. The average Bonchev–Trinajstić information content (AvgIpc) is 3.20. The maximum atomic E-state index is 13.0. The molecule has 138 valence electrons.